The van der Waals surface area contributed by atoms with Gasteiger partial charge < -0.3 is 14.5 Å². The Labute approximate surface area is 111 Å². The predicted molar refractivity (Wildman–Crippen MR) is 73.6 cm³/mol. The number of hydrogen-bond donors (Lipinski definition) is 0. The smallest absolute Gasteiger partial charge is 0.307 e. The van der Waals surface area contributed by atoms with Gasteiger partial charge in [0.05, 0.1) is 13.0 Å². The molecule has 0 aromatic rings. The number of nitrogens with zero attached hydrogens (tertiary/aromatic N) is 2. The third kappa shape index (κ3) is 3.95. The van der Waals surface area contributed by atoms with Crippen molar-refractivity contribution >= 4 is 5.97 Å². The highest BCUT2D eigenvalue weighted by molar-refractivity contribution is 5.71. The van der Waals surface area contributed by atoms with Gasteiger partial charge in [-0.1, -0.05) is 6.92 Å². The van der Waals surface area contributed by atoms with E-state index < -0.39 is 0 Å². The minimum Gasteiger partial charge on any atom is -0.466 e. The van der Waals surface area contributed by atoms with Gasteiger partial charge in [0.2, 0.25) is 0 Å². The van der Waals surface area contributed by atoms with Gasteiger partial charge in [0.1, 0.15) is 0 Å². The molecule has 1 heterocycles. The highest BCUT2D eigenvalue weighted by atomic mass is 16.5. The van der Waals surface area contributed by atoms with E-state index in [1.54, 1.807) is 0 Å². The zero-order valence-electron chi connectivity index (χ0n) is 12.4. The molecule has 1 rings (SSSR count). The third-order valence-electron chi connectivity index (χ3n) is 4.05. The number of likely N-dealkylation sites (tertiary alicyclic amines) is 1. The molecule has 4 heteroatoms. The lowest BCUT2D eigenvalue weighted by Gasteiger charge is -2.45. The summed E-state index contributed by atoms with van der Waals surface area (Å²) in [6, 6.07) is 0. The minimum absolute atomic E-state index is 0.00348. The van der Waals surface area contributed by atoms with Gasteiger partial charge in [-0.05, 0) is 59.9 Å². The van der Waals surface area contributed by atoms with Gasteiger partial charge in [-0.3, -0.25) is 4.79 Å². The normalized spacial score (nSPS) is 20.1. The molecule has 1 aliphatic heterocycles. The van der Waals surface area contributed by atoms with E-state index in [0.717, 1.165) is 25.9 Å². The molecule has 0 atom stereocenters. The summed E-state index contributed by atoms with van der Waals surface area (Å²) in [5.74, 6) is -0.0601. The molecule has 1 saturated heterocycles. The Morgan fingerprint density at radius 3 is 2.33 bits per heavy atom. The van der Waals surface area contributed by atoms with Crippen LogP contribution in [0.15, 0.2) is 0 Å². The first kappa shape index (κ1) is 15.4. The molecule has 0 bridgehead atoms. The molecule has 0 amide bonds. The number of ether oxygens (including phenoxy) is 1. The maximum absolute atomic E-state index is 11.8. The molecule has 0 radical (unpaired) electrons. The molecule has 106 valence electrons. The maximum atomic E-state index is 11.8. The second-order valence-electron chi connectivity index (χ2n) is 5.44. The van der Waals surface area contributed by atoms with E-state index in [0.29, 0.717) is 13.0 Å². The SMILES string of the molecule is CCCN1CCC(CC(=O)OCC)(N(C)C)CC1. The number of esters is 1. The predicted octanol–water partition coefficient (Wildman–Crippen LogP) is 1.75. The van der Waals surface area contributed by atoms with Crippen LogP contribution in [0.1, 0.15) is 39.5 Å². The zero-order valence-corrected chi connectivity index (χ0v) is 12.4. The van der Waals surface area contributed by atoms with Crippen molar-refractivity contribution in [3.63, 3.8) is 0 Å². The van der Waals surface area contributed by atoms with E-state index in [1.165, 1.54) is 13.0 Å². The summed E-state index contributed by atoms with van der Waals surface area (Å²) >= 11 is 0. The standard InChI is InChI=1S/C14H28N2O2/c1-5-9-16-10-7-14(8-11-16,15(3)4)12-13(17)18-6-2/h5-12H2,1-4H3. The number of piperidine rings is 1. The van der Waals surface area contributed by atoms with Crippen molar-refractivity contribution in [3.05, 3.63) is 0 Å². The summed E-state index contributed by atoms with van der Waals surface area (Å²) in [5, 5.41) is 0. The lowest BCUT2D eigenvalue weighted by Crippen LogP contribution is -2.54. The highest BCUT2D eigenvalue weighted by Gasteiger charge is 2.38. The molecule has 0 aromatic carbocycles. The summed E-state index contributed by atoms with van der Waals surface area (Å²) in [6.45, 7) is 7.90. The molecule has 0 spiro atoms. The first-order chi connectivity index (χ1) is 8.54. The Kier molecular flexibility index (Phi) is 6.09. The molecule has 1 fully saturated rings. The van der Waals surface area contributed by atoms with Crippen molar-refractivity contribution in [2.24, 2.45) is 0 Å². The van der Waals surface area contributed by atoms with E-state index in [1.807, 2.05) is 6.92 Å². The lowest BCUT2D eigenvalue weighted by atomic mass is 9.83. The summed E-state index contributed by atoms with van der Waals surface area (Å²) in [4.78, 5) is 16.5. The van der Waals surface area contributed by atoms with Crippen LogP contribution in [0.2, 0.25) is 0 Å². The first-order valence-corrected chi connectivity index (χ1v) is 7.09. The van der Waals surface area contributed by atoms with Gasteiger partial charge in [0.15, 0.2) is 0 Å². The van der Waals surface area contributed by atoms with Crippen LogP contribution in [-0.4, -0.2) is 61.6 Å². The molecular formula is C14H28N2O2. The Morgan fingerprint density at radius 1 is 1.28 bits per heavy atom. The number of carbonyl (C=O) groups is 1. The van der Waals surface area contributed by atoms with Crippen LogP contribution < -0.4 is 0 Å². The van der Waals surface area contributed by atoms with E-state index >= 15 is 0 Å². The van der Waals surface area contributed by atoms with Crippen LogP contribution in [-0.2, 0) is 9.53 Å². The first-order valence-electron chi connectivity index (χ1n) is 7.09. The van der Waals surface area contributed by atoms with Crippen molar-refractivity contribution in [1.29, 1.82) is 0 Å². The summed E-state index contributed by atoms with van der Waals surface area (Å²) < 4.78 is 5.11. The monoisotopic (exact) mass is 256 g/mol. The number of hydrogen-bond acceptors (Lipinski definition) is 4. The van der Waals surface area contributed by atoms with Crippen LogP contribution in [0.5, 0.6) is 0 Å². The Balaban J connectivity index is 2.58. The number of carbonyl (C=O) groups excluding carboxylic acids is 1. The van der Waals surface area contributed by atoms with E-state index in [2.05, 4.69) is 30.8 Å². The zero-order chi connectivity index (χ0) is 13.6. The average molecular weight is 256 g/mol. The minimum atomic E-state index is -0.0601. The van der Waals surface area contributed by atoms with E-state index in [4.69, 9.17) is 4.74 Å². The van der Waals surface area contributed by atoms with Crippen molar-refractivity contribution in [3.8, 4) is 0 Å². The molecule has 0 unspecified atom stereocenters. The third-order valence-corrected chi connectivity index (χ3v) is 4.05. The Hall–Kier alpha value is -0.610. The molecule has 0 N–H and O–H groups in total. The second-order valence-corrected chi connectivity index (χ2v) is 5.44. The largest absolute Gasteiger partial charge is 0.466 e. The molecule has 0 aliphatic carbocycles. The van der Waals surface area contributed by atoms with Crippen LogP contribution in [0, 0.1) is 0 Å². The van der Waals surface area contributed by atoms with Crippen molar-refractivity contribution in [1.82, 2.24) is 9.80 Å². The van der Waals surface area contributed by atoms with Crippen molar-refractivity contribution < 1.29 is 9.53 Å². The van der Waals surface area contributed by atoms with Crippen molar-refractivity contribution in [2.45, 2.75) is 45.1 Å². The second kappa shape index (κ2) is 7.10. The molecule has 4 nitrogen and oxygen atoms in total. The fraction of sp³-hybridized carbons (Fsp3) is 0.929. The molecule has 18 heavy (non-hydrogen) atoms. The van der Waals surface area contributed by atoms with Gasteiger partial charge >= 0.3 is 5.97 Å². The Morgan fingerprint density at radius 2 is 1.89 bits per heavy atom. The van der Waals surface area contributed by atoms with Gasteiger partial charge in [0, 0.05) is 5.54 Å². The molecular weight excluding hydrogens is 228 g/mol. The quantitative estimate of drug-likeness (QED) is 0.678. The fourth-order valence-corrected chi connectivity index (χ4v) is 2.77. The van der Waals surface area contributed by atoms with Crippen LogP contribution in [0.3, 0.4) is 0 Å². The molecule has 0 saturated carbocycles. The van der Waals surface area contributed by atoms with Crippen molar-refractivity contribution in [2.75, 3.05) is 40.3 Å². The van der Waals surface area contributed by atoms with Crippen LogP contribution >= 0.6 is 0 Å². The Bertz CT molecular complexity index is 259. The topological polar surface area (TPSA) is 32.8 Å². The van der Waals surface area contributed by atoms with Crippen LogP contribution in [0.25, 0.3) is 0 Å². The fourth-order valence-electron chi connectivity index (χ4n) is 2.77. The number of rotatable bonds is 6. The average Bonchev–Trinajstić information content (AvgIpc) is 2.32. The van der Waals surface area contributed by atoms with Crippen LogP contribution in [0.4, 0.5) is 0 Å². The summed E-state index contributed by atoms with van der Waals surface area (Å²) in [7, 11) is 4.16. The lowest BCUT2D eigenvalue weighted by molar-refractivity contribution is -0.147. The molecule has 0 aromatic heterocycles. The summed E-state index contributed by atoms with van der Waals surface area (Å²) in [6.07, 6.45) is 3.83. The van der Waals surface area contributed by atoms with E-state index in [-0.39, 0.29) is 11.5 Å². The summed E-state index contributed by atoms with van der Waals surface area (Å²) in [5.41, 5.74) is -0.00348. The molecule has 1 aliphatic rings. The van der Waals surface area contributed by atoms with Gasteiger partial charge in [0.25, 0.3) is 0 Å². The van der Waals surface area contributed by atoms with E-state index in [9.17, 15) is 4.79 Å². The van der Waals surface area contributed by atoms with Gasteiger partial charge in [-0.15, -0.1) is 0 Å². The van der Waals surface area contributed by atoms with Gasteiger partial charge in [-0.2, -0.15) is 0 Å². The maximum Gasteiger partial charge on any atom is 0.307 e. The highest BCUT2D eigenvalue weighted by Crippen LogP contribution is 2.31. The van der Waals surface area contributed by atoms with Gasteiger partial charge in [-0.25, -0.2) is 0 Å².